The van der Waals surface area contributed by atoms with Crippen LogP contribution in [0.4, 0.5) is 11.6 Å². The van der Waals surface area contributed by atoms with Gasteiger partial charge in [0.2, 0.25) is 5.95 Å². The molecule has 0 radical (unpaired) electrons. The first-order chi connectivity index (χ1) is 9.10. The van der Waals surface area contributed by atoms with Gasteiger partial charge in [-0.05, 0) is 25.1 Å². The standard InChI is InChI=1S/C11H10N6O2/c1-5-12-7-3-2-6(4-8(7)13-5)14-9-15-10(18)17-11(19)16-9/h2-4H,1H3,(H,12,13)(H3,14,15,16,17,18,19). The highest BCUT2D eigenvalue weighted by Gasteiger charge is 2.06. The number of rotatable bonds is 2. The Bertz CT molecular complexity index is 734. The molecule has 0 saturated carbocycles. The molecular weight excluding hydrogens is 248 g/mol. The van der Waals surface area contributed by atoms with E-state index in [1.807, 2.05) is 13.0 Å². The van der Waals surface area contributed by atoms with Crippen LogP contribution in [0.5, 0.6) is 12.0 Å². The second-order valence-electron chi connectivity index (χ2n) is 3.94. The Labute approximate surface area is 107 Å². The van der Waals surface area contributed by atoms with Crippen LogP contribution in [0.25, 0.3) is 11.0 Å². The summed E-state index contributed by atoms with van der Waals surface area (Å²) in [5.41, 5.74) is 2.40. The molecule has 0 unspecified atom stereocenters. The molecule has 3 rings (SSSR count). The summed E-state index contributed by atoms with van der Waals surface area (Å²) in [4.78, 5) is 18.0. The molecule has 8 nitrogen and oxygen atoms in total. The van der Waals surface area contributed by atoms with E-state index in [0.717, 1.165) is 16.9 Å². The van der Waals surface area contributed by atoms with Crippen LogP contribution in [-0.2, 0) is 0 Å². The van der Waals surface area contributed by atoms with Crippen molar-refractivity contribution in [3.05, 3.63) is 24.0 Å². The van der Waals surface area contributed by atoms with Gasteiger partial charge in [-0.3, -0.25) is 0 Å². The molecular formula is C11H10N6O2. The third-order valence-corrected chi connectivity index (χ3v) is 2.47. The lowest BCUT2D eigenvalue weighted by atomic mass is 10.3. The monoisotopic (exact) mass is 258 g/mol. The maximum absolute atomic E-state index is 9.17. The van der Waals surface area contributed by atoms with E-state index in [1.165, 1.54) is 0 Å². The molecule has 0 aliphatic rings. The van der Waals surface area contributed by atoms with Gasteiger partial charge >= 0.3 is 12.0 Å². The summed E-state index contributed by atoms with van der Waals surface area (Å²) in [6, 6.07) is 4.37. The van der Waals surface area contributed by atoms with Crippen LogP contribution in [-0.4, -0.2) is 35.1 Å². The fourth-order valence-electron chi connectivity index (χ4n) is 1.75. The number of fused-ring (bicyclic) bond motifs is 1. The fraction of sp³-hybridized carbons (Fsp3) is 0.0909. The quantitative estimate of drug-likeness (QED) is 0.545. The summed E-state index contributed by atoms with van der Waals surface area (Å²) in [6.45, 7) is 1.87. The van der Waals surface area contributed by atoms with Crippen LogP contribution < -0.4 is 5.32 Å². The van der Waals surface area contributed by atoms with Crippen LogP contribution in [0.3, 0.4) is 0 Å². The van der Waals surface area contributed by atoms with E-state index in [1.54, 1.807) is 12.1 Å². The molecule has 8 heteroatoms. The molecule has 0 atom stereocenters. The van der Waals surface area contributed by atoms with Crippen molar-refractivity contribution in [3.63, 3.8) is 0 Å². The van der Waals surface area contributed by atoms with Crippen molar-refractivity contribution in [3.8, 4) is 12.0 Å². The molecule has 1 aromatic carbocycles. The number of aryl methyl sites for hydroxylation is 1. The van der Waals surface area contributed by atoms with Gasteiger partial charge in [0, 0.05) is 5.69 Å². The van der Waals surface area contributed by atoms with Crippen molar-refractivity contribution in [2.45, 2.75) is 6.92 Å². The number of nitrogens with one attached hydrogen (secondary N) is 2. The number of imidazole rings is 1. The highest BCUT2D eigenvalue weighted by atomic mass is 16.3. The molecule has 0 fully saturated rings. The van der Waals surface area contributed by atoms with E-state index in [-0.39, 0.29) is 5.95 Å². The van der Waals surface area contributed by atoms with Crippen LogP contribution in [0.2, 0.25) is 0 Å². The number of hydrogen-bond donors (Lipinski definition) is 4. The van der Waals surface area contributed by atoms with Gasteiger partial charge in [0.25, 0.3) is 0 Å². The molecule has 4 N–H and O–H groups in total. The van der Waals surface area contributed by atoms with Gasteiger partial charge in [-0.2, -0.15) is 9.97 Å². The third-order valence-electron chi connectivity index (χ3n) is 2.47. The maximum atomic E-state index is 9.17. The smallest absolute Gasteiger partial charge is 0.321 e. The minimum Gasteiger partial charge on any atom is -0.479 e. The van der Waals surface area contributed by atoms with E-state index in [0.29, 0.717) is 5.69 Å². The highest BCUT2D eigenvalue weighted by molar-refractivity contribution is 5.80. The van der Waals surface area contributed by atoms with Gasteiger partial charge in [0.15, 0.2) is 0 Å². The van der Waals surface area contributed by atoms with Gasteiger partial charge < -0.3 is 20.5 Å². The number of aromatic amines is 1. The first-order valence-corrected chi connectivity index (χ1v) is 5.47. The minimum absolute atomic E-state index is 0.0524. The van der Waals surface area contributed by atoms with Gasteiger partial charge in [0.05, 0.1) is 11.0 Å². The molecule has 0 amide bonds. The molecule has 0 saturated heterocycles. The van der Waals surface area contributed by atoms with Crippen LogP contribution >= 0.6 is 0 Å². The number of anilines is 2. The number of aromatic hydroxyl groups is 2. The van der Waals surface area contributed by atoms with Crippen LogP contribution in [0.1, 0.15) is 5.82 Å². The Morgan fingerprint density at radius 1 is 1.05 bits per heavy atom. The molecule has 2 heterocycles. The predicted octanol–water partition coefficient (Wildman–Crippen LogP) is 1.21. The largest absolute Gasteiger partial charge is 0.479 e. The lowest BCUT2D eigenvalue weighted by Gasteiger charge is -2.04. The van der Waals surface area contributed by atoms with E-state index in [4.69, 9.17) is 10.2 Å². The van der Waals surface area contributed by atoms with Crippen molar-refractivity contribution in [1.29, 1.82) is 0 Å². The van der Waals surface area contributed by atoms with Crippen molar-refractivity contribution in [2.24, 2.45) is 0 Å². The van der Waals surface area contributed by atoms with E-state index >= 15 is 0 Å². The summed E-state index contributed by atoms with van der Waals surface area (Å²) < 4.78 is 0. The Hall–Kier alpha value is -2.90. The fourth-order valence-corrected chi connectivity index (χ4v) is 1.75. The molecule has 0 aliphatic heterocycles. The summed E-state index contributed by atoms with van der Waals surface area (Å²) >= 11 is 0. The molecule has 96 valence electrons. The highest BCUT2D eigenvalue weighted by Crippen LogP contribution is 2.20. The molecule has 19 heavy (non-hydrogen) atoms. The average Bonchev–Trinajstić information content (AvgIpc) is 2.67. The Balaban J connectivity index is 1.95. The van der Waals surface area contributed by atoms with Crippen LogP contribution in [0.15, 0.2) is 18.2 Å². The molecule has 0 bridgehead atoms. The molecule has 3 aromatic rings. The second-order valence-corrected chi connectivity index (χ2v) is 3.94. The first kappa shape index (κ1) is 11.2. The van der Waals surface area contributed by atoms with E-state index < -0.39 is 12.0 Å². The topological polar surface area (TPSA) is 120 Å². The predicted molar refractivity (Wildman–Crippen MR) is 67.3 cm³/mol. The zero-order valence-electron chi connectivity index (χ0n) is 9.92. The summed E-state index contributed by atoms with van der Waals surface area (Å²) in [5, 5.41) is 21.2. The number of hydrogen-bond acceptors (Lipinski definition) is 7. The first-order valence-electron chi connectivity index (χ1n) is 5.47. The average molecular weight is 258 g/mol. The summed E-state index contributed by atoms with van der Waals surface area (Å²) in [5.74, 6) is 0.874. The third kappa shape index (κ3) is 2.23. The maximum Gasteiger partial charge on any atom is 0.321 e. The Morgan fingerprint density at radius 3 is 2.53 bits per heavy atom. The normalized spacial score (nSPS) is 10.8. The van der Waals surface area contributed by atoms with E-state index in [2.05, 4.69) is 30.2 Å². The summed E-state index contributed by atoms with van der Waals surface area (Å²) in [7, 11) is 0. The number of aromatic nitrogens is 5. The van der Waals surface area contributed by atoms with Gasteiger partial charge in [-0.25, -0.2) is 4.98 Å². The Kier molecular flexibility index (Phi) is 2.41. The zero-order chi connectivity index (χ0) is 13.4. The van der Waals surface area contributed by atoms with Crippen molar-refractivity contribution in [1.82, 2.24) is 24.9 Å². The number of H-pyrrole nitrogens is 1. The van der Waals surface area contributed by atoms with Crippen LogP contribution in [0, 0.1) is 6.92 Å². The SMILES string of the molecule is Cc1nc2cc(Nc3nc(O)nc(O)n3)ccc2[nH]1. The molecule has 0 spiro atoms. The zero-order valence-corrected chi connectivity index (χ0v) is 9.92. The van der Waals surface area contributed by atoms with Gasteiger partial charge in [0.1, 0.15) is 5.82 Å². The minimum atomic E-state index is -0.549. The lowest BCUT2D eigenvalue weighted by Crippen LogP contribution is -1.98. The van der Waals surface area contributed by atoms with Gasteiger partial charge in [-0.1, -0.05) is 0 Å². The second kappa shape index (κ2) is 4.09. The Morgan fingerprint density at radius 2 is 1.79 bits per heavy atom. The van der Waals surface area contributed by atoms with Crippen molar-refractivity contribution < 1.29 is 10.2 Å². The number of nitrogens with zero attached hydrogens (tertiary/aromatic N) is 4. The van der Waals surface area contributed by atoms with Crippen molar-refractivity contribution >= 4 is 22.7 Å². The van der Waals surface area contributed by atoms with E-state index in [9.17, 15) is 0 Å². The summed E-state index contributed by atoms with van der Waals surface area (Å²) in [6.07, 6.45) is 0. The number of benzene rings is 1. The lowest BCUT2D eigenvalue weighted by molar-refractivity contribution is 0.384. The van der Waals surface area contributed by atoms with Crippen molar-refractivity contribution in [2.75, 3.05) is 5.32 Å². The van der Waals surface area contributed by atoms with Gasteiger partial charge in [-0.15, -0.1) is 4.98 Å². The molecule has 0 aliphatic carbocycles. The molecule has 2 aromatic heterocycles.